The summed E-state index contributed by atoms with van der Waals surface area (Å²) in [5.74, 6) is 0.103. The first-order valence-corrected chi connectivity index (χ1v) is 6.69. The fraction of sp³-hybridized carbons (Fsp3) is 0.400. The van der Waals surface area contributed by atoms with Crippen LogP contribution in [0.2, 0.25) is 0 Å². The average Bonchev–Trinajstić information content (AvgIpc) is 2.89. The number of likely N-dealkylation sites (N-methyl/N-ethyl adjacent to an activating group) is 1. The number of aliphatic hydroxyl groups is 1. The van der Waals surface area contributed by atoms with Crippen molar-refractivity contribution < 1.29 is 9.90 Å². The molecule has 2 N–H and O–H groups in total. The van der Waals surface area contributed by atoms with Crippen molar-refractivity contribution >= 4 is 16.8 Å². The third-order valence-corrected chi connectivity index (χ3v) is 3.35. The molecule has 0 aliphatic heterocycles. The molecule has 1 aromatic heterocycles. The first-order chi connectivity index (χ1) is 9.24. The van der Waals surface area contributed by atoms with Gasteiger partial charge in [-0.15, -0.1) is 0 Å². The van der Waals surface area contributed by atoms with Crippen LogP contribution in [0.5, 0.6) is 0 Å². The number of benzene rings is 1. The van der Waals surface area contributed by atoms with Crippen molar-refractivity contribution in [2.75, 3.05) is 19.7 Å². The summed E-state index contributed by atoms with van der Waals surface area (Å²) >= 11 is 0. The van der Waals surface area contributed by atoms with Crippen LogP contribution in [-0.4, -0.2) is 40.6 Å². The van der Waals surface area contributed by atoms with E-state index in [4.69, 9.17) is 5.11 Å². The Morgan fingerprint density at radius 1 is 1.37 bits per heavy atom. The number of H-pyrrole nitrogens is 1. The van der Waals surface area contributed by atoms with Crippen molar-refractivity contribution in [3.05, 3.63) is 36.0 Å². The minimum absolute atomic E-state index is 0.0227. The normalized spacial score (nSPS) is 10.8. The van der Waals surface area contributed by atoms with Gasteiger partial charge in [0.15, 0.2) is 0 Å². The largest absolute Gasteiger partial charge is 0.395 e. The standard InChI is InChI=1S/C15H20N2O2/c1-2-17(9-10-18)15(19)6-4-12-3-5-14-13(11-12)7-8-16-14/h3,5,7-8,11,16,18H,2,4,6,9-10H2,1H3. The van der Waals surface area contributed by atoms with Gasteiger partial charge in [-0.3, -0.25) is 4.79 Å². The SMILES string of the molecule is CCN(CCO)C(=O)CCc1ccc2[nH]ccc2c1. The Hall–Kier alpha value is -1.81. The van der Waals surface area contributed by atoms with Crippen LogP contribution in [0.1, 0.15) is 18.9 Å². The average molecular weight is 260 g/mol. The third kappa shape index (κ3) is 3.35. The summed E-state index contributed by atoms with van der Waals surface area (Å²) in [5.41, 5.74) is 2.28. The highest BCUT2D eigenvalue weighted by Gasteiger charge is 2.10. The predicted octanol–water partition coefficient (Wildman–Crippen LogP) is 1.94. The zero-order valence-electron chi connectivity index (χ0n) is 11.2. The van der Waals surface area contributed by atoms with E-state index >= 15 is 0 Å². The van der Waals surface area contributed by atoms with Crippen LogP contribution in [0.15, 0.2) is 30.5 Å². The van der Waals surface area contributed by atoms with Gasteiger partial charge in [0.1, 0.15) is 0 Å². The number of amides is 1. The number of aliphatic hydroxyl groups excluding tert-OH is 1. The molecule has 2 aromatic rings. The maximum absolute atomic E-state index is 12.0. The summed E-state index contributed by atoms with van der Waals surface area (Å²) in [4.78, 5) is 16.8. The summed E-state index contributed by atoms with van der Waals surface area (Å²) in [6, 6.07) is 8.24. The van der Waals surface area contributed by atoms with E-state index in [9.17, 15) is 4.79 Å². The molecule has 0 aliphatic rings. The predicted molar refractivity (Wildman–Crippen MR) is 76.0 cm³/mol. The van der Waals surface area contributed by atoms with Crippen LogP contribution in [0.4, 0.5) is 0 Å². The second-order valence-electron chi connectivity index (χ2n) is 4.60. The molecule has 4 heteroatoms. The summed E-state index contributed by atoms with van der Waals surface area (Å²) in [6.45, 7) is 3.02. The van der Waals surface area contributed by atoms with Crippen LogP contribution in [0.3, 0.4) is 0 Å². The Bertz CT molecular complexity index is 548. The lowest BCUT2D eigenvalue weighted by Gasteiger charge is -2.19. The monoisotopic (exact) mass is 260 g/mol. The maximum atomic E-state index is 12.0. The molecule has 0 bridgehead atoms. The number of nitrogens with zero attached hydrogens (tertiary/aromatic N) is 1. The maximum Gasteiger partial charge on any atom is 0.222 e. The lowest BCUT2D eigenvalue weighted by atomic mass is 10.1. The molecular weight excluding hydrogens is 240 g/mol. The van der Waals surface area contributed by atoms with E-state index in [1.807, 2.05) is 25.3 Å². The van der Waals surface area contributed by atoms with E-state index in [0.717, 1.165) is 11.9 Å². The summed E-state index contributed by atoms with van der Waals surface area (Å²) in [7, 11) is 0. The number of hydrogen-bond donors (Lipinski definition) is 2. The molecule has 0 fully saturated rings. The van der Waals surface area contributed by atoms with Crippen molar-refractivity contribution in [1.29, 1.82) is 0 Å². The van der Waals surface area contributed by atoms with Gasteiger partial charge in [-0.2, -0.15) is 0 Å². The molecule has 1 aromatic carbocycles. The Morgan fingerprint density at radius 2 is 2.21 bits per heavy atom. The Kier molecular flexibility index (Phi) is 4.58. The molecule has 0 atom stereocenters. The first kappa shape index (κ1) is 13.6. The molecule has 0 saturated heterocycles. The first-order valence-electron chi connectivity index (χ1n) is 6.69. The van der Waals surface area contributed by atoms with Gasteiger partial charge in [0.2, 0.25) is 5.91 Å². The van der Waals surface area contributed by atoms with Crippen molar-refractivity contribution in [2.45, 2.75) is 19.8 Å². The van der Waals surface area contributed by atoms with E-state index in [2.05, 4.69) is 17.1 Å². The van der Waals surface area contributed by atoms with Gasteiger partial charge in [-0.05, 0) is 42.5 Å². The number of aryl methyl sites for hydroxylation is 1. The van der Waals surface area contributed by atoms with Gasteiger partial charge in [-0.25, -0.2) is 0 Å². The van der Waals surface area contributed by atoms with E-state index in [-0.39, 0.29) is 12.5 Å². The lowest BCUT2D eigenvalue weighted by molar-refractivity contribution is -0.131. The summed E-state index contributed by atoms with van der Waals surface area (Å²) in [6.07, 6.45) is 3.14. The Labute approximate surface area is 113 Å². The molecule has 19 heavy (non-hydrogen) atoms. The Morgan fingerprint density at radius 3 is 2.95 bits per heavy atom. The van der Waals surface area contributed by atoms with Gasteiger partial charge in [-0.1, -0.05) is 6.07 Å². The zero-order chi connectivity index (χ0) is 13.7. The number of rotatable bonds is 6. The number of carbonyl (C=O) groups is 1. The number of carbonyl (C=O) groups excluding carboxylic acids is 1. The molecule has 0 aliphatic carbocycles. The smallest absolute Gasteiger partial charge is 0.222 e. The van der Waals surface area contributed by atoms with Gasteiger partial charge < -0.3 is 15.0 Å². The van der Waals surface area contributed by atoms with Gasteiger partial charge in [0.05, 0.1) is 6.61 Å². The number of fused-ring (bicyclic) bond motifs is 1. The zero-order valence-corrected chi connectivity index (χ0v) is 11.2. The molecule has 4 nitrogen and oxygen atoms in total. The minimum atomic E-state index is 0.0227. The molecule has 2 rings (SSSR count). The topological polar surface area (TPSA) is 56.3 Å². The number of aromatic amines is 1. The highest BCUT2D eigenvalue weighted by Crippen LogP contribution is 2.15. The lowest BCUT2D eigenvalue weighted by Crippen LogP contribution is -2.33. The van der Waals surface area contributed by atoms with Crippen LogP contribution < -0.4 is 0 Å². The highest BCUT2D eigenvalue weighted by molar-refractivity contribution is 5.80. The van der Waals surface area contributed by atoms with E-state index in [1.54, 1.807) is 4.90 Å². The number of hydrogen-bond acceptors (Lipinski definition) is 2. The van der Waals surface area contributed by atoms with E-state index < -0.39 is 0 Å². The van der Waals surface area contributed by atoms with E-state index in [1.165, 1.54) is 10.9 Å². The van der Waals surface area contributed by atoms with Crippen LogP contribution in [0, 0.1) is 0 Å². The van der Waals surface area contributed by atoms with Crippen LogP contribution >= 0.6 is 0 Å². The van der Waals surface area contributed by atoms with Gasteiger partial charge in [0, 0.05) is 31.2 Å². The van der Waals surface area contributed by atoms with Gasteiger partial charge >= 0.3 is 0 Å². The summed E-state index contributed by atoms with van der Waals surface area (Å²) in [5, 5.41) is 10.1. The van der Waals surface area contributed by atoms with Gasteiger partial charge in [0.25, 0.3) is 0 Å². The van der Waals surface area contributed by atoms with Crippen LogP contribution in [-0.2, 0) is 11.2 Å². The van der Waals surface area contributed by atoms with Crippen molar-refractivity contribution in [3.63, 3.8) is 0 Å². The van der Waals surface area contributed by atoms with Crippen molar-refractivity contribution in [3.8, 4) is 0 Å². The molecule has 0 radical (unpaired) electrons. The highest BCUT2D eigenvalue weighted by atomic mass is 16.3. The van der Waals surface area contributed by atoms with Crippen molar-refractivity contribution in [1.82, 2.24) is 9.88 Å². The third-order valence-electron chi connectivity index (χ3n) is 3.35. The number of nitrogens with one attached hydrogen (secondary N) is 1. The second-order valence-corrected chi connectivity index (χ2v) is 4.60. The number of aromatic nitrogens is 1. The van der Waals surface area contributed by atoms with Crippen LogP contribution in [0.25, 0.3) is 10.9 Å². The molecule has 0 unspecified atom stereocenters. The summed E-state index contributed by atoms with van der Waals surface area (Å²) < 4.78 is 0. The van der Waals surface area contributed by atoms with Crippen molar-refractivity contribution in [2.24, 2.45) is 0 Å². The minimum Gasteiger partial charge on any atom is -0.395 e. The fourth-order valence-corrected chi connectivity index (χ4v) is 2.25. The fourth-order valence-electron chi connectivity index (χ4n) is 2.25. The van der Waals surface area contributed by atoms with E-state index in [0.29, 0.717) is 19.5 Å². The molecule has 0 saturated carbocycles. The quantitative estimate of drug-likeness (QED) is 0.834. The molecule has 1 heterocycles. The molecular formula is C15H20N2O2. The molecule has 102 valence electrons. The second kappa shape index (κ2) is 6.38. The molecule has 0 spiro atoms. The Balaban J connectivity index is 1.95. The molecule has 1 amide bonds.